The van der Waals surface area contributed by atoms with E-state index >= 15 is 0 Å². The number of nitrogens with one attached hydrogen (secondary N) is 2. The van der Waals surface area contributed by atoms with Gasteiger partial charge in [-0.3, -0.25) is 4.90 Å². The minimum Gasteiger partial charge on any atom is -0.314 e. The van der Waals surface area contributed by atoms with Crippen molar-refractivity contribution in [2.75, 3.05) is 19.6 Å². The molecular weight excluding hydrogens is 246 g/mol. The van der Waals surface area contributed by atoms with E-state index in [-0.39, 0.29) is 0 Å². The fourth-order valence-corrected chi connectivity index (χ4v) is 5.47. The molecule has 1 aliphatic carbocycles. The smallest absolute Gasteiger partial charge is 0.0249 e. The molecule has 0 amide bonds. The molecule has 1 saturated carbocycles. The van der Waals surface area contributed by atoms with Gasteiger partial charge in [0.15, 0.2) is 0 Å². The average molecular weight is 277 g/mol. The summed E-state index contributed by atoms with van der Waals surface area (Å²) in [6.07, 6.45) is 12.9. The molecule has 0 bridgehead atoms. The molecule has 4 fully saturated rings. The van der Waals surface area contributed by atoms with Crippen LogP contribution in [0.15, 0.2) is 0 Å². The number of rotatable bonds is 3. The van der Waals surface area contributed by atoms with E-state index in [1.807, 2.05) is 0 Å². The second-order valence-corrected chi connectivity index (χ2v) is 7.57. The predicted octanol–water partition coefficient (Wildman–Crippen LogP) is 2.12. The van der Waals surface area contributed by atoms with Crippen LogP contribution >= 0.6 is 0 Å². The lowest BCUT2D eigenvalue weighted by Crippen LogP contribution is -2.51. The minimum absolute atomic E-state index is 0.794. The van der Waals surface area contributed by atoms with E-state index in [1.54, 1.807) is 0 Å². The standard InChI is InChI=1S/C17H31N3/c1-2-11-20-12-9-16(17(20)8-1)19-15-6-3-5-13(15)14-7-4-10-18-14/h13-19H,1-12H2. The number of piperidine rings is 1. The highest BCUT2D eigenvalue weighted by atomic mass is 15.2. The normalized spacial score (nSPS) is 45.9. The second kappa shape index (κ2) is 5.94. The van der Waals surface area contributed by atoms with E-state index in [1.165, 1.54) is 77.4 Å². The number of nitrogens with zero attached hydrogens (tertiary/aromatic N) is 1. The summed E-state index contributed by atoms with van der Waals surface area (Å²) in [5.74, 6) is 0.912. The van der Waals surface area contributed by atoms with E-state index in [4.69, 9.17) is 0 Å². The Labute approximate surface area is 123 Å². The maximum atomic E-state index is 4.12. The van der Waals surface area contributed by atoms with Gasteiger partial charge in [-0.2, -0.15) is 0 Å². The Morgan fingerprint density at radius 3 is 2.70 bits per heavy atom. The Morgan fingerprint density at radius 2 is 1.80 bits per heavy atom. The molecular formula is C17H31N3. The van der Waals surface area contributed by atoms with Crippen LogP contribution in [0.4, 0.5) is 0 Å². The molecule has 0 aromatic rings. The van der Waals surface area contributed by atoms with Crippen molar-refractivity contribution in [1.29, 1.82) is 0 Å². The van der Waals surface area contributed by atoms with E-state index in [9.17, 15) is 0 Å². The third-order valence-electron chi connectivity index (χ3n) is 6.47. The average Bonchev–Trinajstić information content (AvgIpc) is 3.19. The molecule has 5 unspecified atom stereocenters. The SMILES string of the molecule is C1CNC(C2CCCC2NC2CCN3CCCCC23)C1. The maximum Gasteiger partial charge on any atom is 0.0249 e. The molecule has 3 nitrogen and oxygen atoms in total. The zero-order valence-electron chi connectivity index (χ0n) is 12.8. The third kappa shape index (κ3) is 2.53. The van der Waals surface area contributed by atoms with Crippen molar-refractivity contribution in [3.8, 4) is 0 Å². The largest absolute Gasteiger partial charge is 0.314 e. The molecule has 3 saturated heterocycles. The Bertz CT molecular complexity index is 326. The molecule has 3 aliphatic heterocycles. The van der Waals surface area contributed by atoms with E-state index in [2.05, 4.69) is 15.5 Å². The van der Waals surface area contributed by atoms with Gasteiger partial charge in [0.2, 0.25) is 0 Å². The molecule has 4 rings (SSSR count). The van der Waals surface area contributed by atoms with Crippen molar-refractivity contribution in [2.45, 2.75) is 82.0 Å². The van der Waals surface area contributed by atoms with Crippen molar-refractivity contribution in [3.63, 3.8) is 0 Å². The van der Waals surface area contributed by atoms with Gasteiger partial charge in [0, 0.05) is 30.7 Å². The molecule has 3 heterocycles. The van der Waals surface area contributed by atoms with Crippen LogP contribution in [0.5, 0.6) is 0 Å². The van der Waals surface area contributed by atoms with Gasteiger partial charge in [-0.05, 0) is 64.0 Å². The molecule has 114 valence electrons. The molecule has 3 heteroatoms. The lowest BCUT2D eigenvalue weighted by Gasteiger charge is -2.35. The van der Waals surface area contributed by atoms with E-state index in [0.29, 0.717) is 0 Å². The summed E-state index contributed by atoms with van der Waals surface area (Å²) >= 11 is 0. The quantitative estimate of drug-likeness (QED) is 0.827. The summed E-state index contributed by atoms with van der Waals surface area (Å²) in [5, 5.41) is 7.88. The molecule has 0 radical (unpaired) electrons. The van der Waals surface area contributed by atoms with Gasteiger partial charge < -0.3 is 10.6 Å². The van der Waals surface area contributed by atoms with Gasteiger partial charge in [0.05, 0.1) is 0 Å². The van der Waals surface area contributed by atoms with Crippen LogP contribution in [-0.4, -0.2) is 48.7 Å². The Kier molecular flexibility index (Phi) is 4.02. The first-order valence-corrected chi connectivity index (χ1v) is 9.15. The first-order valence-electron chi connectivity index (χ1n) is 9.15. The lowest BCUT2D eigenvalue weighted by molar-refractivity contribution is 0.170. The highest BCUT2D eigenvalue weighted by molar-refractivity contribution is 4.99. The number of hydrogen-bond acceptors (Lipinski definition) is 3. The molecule has 0 aromatic heterocycles. The fourth-order valence-electron chi connectivity index (χ4n) is 5.47. The van der Waals surface area contributed by atoms with Crippen LogP contribution in [0.3, 0.4) is 0 Å². The molecule has 5 atom stereocenters. The summed E-state index contributed by atoms with van der Waals surface area (Å²) in [6, 6.07) is 3.28. The third-order valence-corrected chi connectivity index (χ3v) is 6.47. The van der Waals surface area contributed by atoms with Gasteiger partial charge in [0.25, 0.3) is 0 Å². The highest BCUT2D eigenvalue weighted by Crippen LogP contribution is 2.34. The molecule has 4 aliphatic rings. The van der Waals surface area contributed by atoms with Gasteiger partial charge in [-0.1, -0.05) is 12.8 Å². The Hall–Kier alpha value is -0.120. The lowest BCUT2D eigenvalue weighted by atomic mass is 9.91. The Morgan fingerprint density at radius 1 is 0.800 bits per heavy atom. The van der Waals surface area contributed by atoms with E-state index in [0.717, 1.165) is 30.1 Å². The fraction of sp³-hybridized carbons (Fsp3) is 1.00. The van der Waals surface area contributed by atoms with Crippen LogP contribution < -0.4 is 10.6 Å². The minimum atomic E-state index is 0.794. The van der Waals surface area contributed by atoms with Gasteiger partial charge >= 0.3 is 0 Å². The van der Waals surface area contributed by atoms with Crippen molar-refractivity contribution >= 4 is 0 Å². The van der Waals surface area contributed by atoms with Crippen LogP contribution in [0, 0.1) is 5.92 Å². The monoisotopic (exact) mass is 277 g/mol. The first kappa shape index (κ1) is 13.5. The molecule has 0 aromatic carbocycles. The number of fused-ring (bicyclic) bond motifs is 1. The van der Waals surface area contributed by atoms with E-state index < -0.39 is 0 Å². The summed E-state index contributed by atoms with van der Waals surface area (Å²) in [5.41, 5.74) is 0. The predicted molar refractivity (Wildman–Crippen MR) is 82.9 cm³/mol. The maximum absolute atomic E-state index is 4.12. The van der Waals surface area contributed by atoms with Crippen molar-refractivity contribution in [2.24, 2.45) is 5.92 Å². The van der Waals surface area contributed by atoms with Gasteiger partial charge in [-0.15, -0.1) is 0 Å². The van der Waals surface area contributed by atoms with Crippen molar-refractivity contribution < 1.29 is 0 Å². The highest BCUT2D eigenvalue weighted by Gasteiger charge is 2.40. The molecule has 0 spiro atoms. The summed E-state index contributed by atoms with van der Waals surface area (Å²) in [4.78, 5) is 2.76. The second-order valence-electron chi connectivity index (χ2n) is 7.57. The Balaban J connectivity index is 1.38. The van der Waals surface area contributed by atoms with Crippen LogP contribution in [-0.2, 0) is 0 Å². The molecule has 20 heavy (non-hydrogen) atoms. The van der Waals surface area contributed by atoms with Crippen molar-refractivity contribution in [3.05, 3.63) is 0 Å². The number of hydrogen-bond donors (Lipinski definition) is 2. The summed E-state index contributed by atoms with van der Waals surface area (Å²) in [7, 11) is 0. The van der Waals surface area contributed by atoms with Crippen LogP contribution in [0.2, 0.25) is 0 Å². The van der Waals surface area contributed by atoms with Gasteiger partial charge in [-0.25, -0.2) is 0 Å². The zero-order chi connectivity index (χ0) is 13.4. The van der Waals surface area contributed by atoms with Crippen LogP contribution in [0.1, 0.15) is 57.8 Å². The topological polar surface area (TPSA) is 27.3 Å². The zero-order valence-corrected chi connectivity index (χ0v) is 12.8. The molecule has 2 N–H and O–H groups in total. The van der Waals surface area contributed by atoms with Crippen LogP contribution in [0.25, 0.3) is 0 Å². The van der Waals surface area contributed by atoms with Crippen molar-refractivity contribution in [1.82, 2.24) is 15.5 Å². The summed E-state index contributed by atoms with van der Waals surface area (Å²) in [6.45, 7) is 3.97. The summed E-state index contributed by atoms with van der Waals surface area (Å²) < 4.78 is 0. The first-order chi connectivity index (χ1) is 9.92. The van der Waals surface area contributed by atoms with Gasteiger partial charge in [0.1, 0.15) is 0 Å².